The minimum Gasteiger partial charge on any atom is -0.486 e. The summed E-state index contributed by atoms with van der Waals surface area (Å²) >= 11 is 12.9. The molecule has 2 N–H and O–H groups in total. The lowest BCUT2D eigenvalue weighted by Crippen LogP contribution is -2.54. The molecule has 0 atom stereocenters. The molecule has 8 rings (SSSR count). The van der Waals surface area contributed by atoms with E-state index in [1.165, 1.54) is 74.4 Å². The summed E-state index contributed by atoms with van der Waals surface area (Å²) in [6, 6.07) is 16.1. The minimum atomic E-state index is -1.03. The number of carbonyl (C=O) groups excluding carboxylic acids is 3. The van der Waals surface area contributed by atoms with Gasteiger partial charge in [0.1, 0.15) is 12.2 Å². The summed E-state index contributed by atoms with van der Waals surface area (Å²) in [6.45, 7) is 0.0827. The van der Waals surface area contributed by atoms with Crippen molar-refractivity contribution < 1.29 is 29.0 Å². The summed E-state index contributed by atoms with van der Waals surface area (Å²) < 4.78 is 5.79. The molecule has 1 saturated heterocycles. The van der Waals surface area contributed by atoms with Crippen molar-refractivity contribution in [2.45, 2.75) is 50.5 Å². The molecule has 230 valence electrons. The predicted molar refractivity (Wildman–Crippen MR) is 169 cm³/mol. The van der Waals surface area contributed by atoms with Crippen LogP contribution in [-0.2, 0) is 21.6 Å². The van der Waals surface area contributed by atoms with Crippen LogP contribution in [0.15, 0.2) is 66.2 Å². The van der Waals surface area contributed by atoms with Gasteiger partial charge in [-0.25, -0.2) is 14.5 Å². The molecule has 0 radical (unpaired) electrons. The number of nitrogens with zero attached hydrogens (tertiary/aromatic N) is 1. The van der Waals surface area contributed by atoms with E-state index in [0.29, 0.717) is 16.8 Å². The first-order valence-electron chi connectivity index (χ1n) is 15.0. The summed E-state index contributed by atoms with van der Waals surface area (Å²) in [5.41, 5.74) is 2.84. The van der Waals surface area contributed by atoms with Crippen LogP contribution in [-0.4, -0.2) is 28.9 Å². The van der Waals surface area contributed by atoms with Crippen LogP contribution in [0, 0.1) is 17.8 Å². The van der Waals surface area contributed by atoms with Crippen molar-refractivity contribution in [3.63, 3.8) is 0 Å². The van der Waals surface area contributed by atoms with Gasteiger partial charge in [0.25, 0.3) is 11.8 Å². The maximum atomic E-state index is 13.6. The summed E-state index contributed by atoms with van der Waals surface area (Å²) in [5.74, 6) is -0.00874. The van der Waals surface area contributed by atoms with Crippen molar-refractivity contribution in [3.8, 4) is 5.75 Å². The second-order valence-electron chi connectivity index (χ2n) is 12.8. The lowest BCUT2D eigenvalue weighted by Gasteiger charge is -2.57. The fraction of sp³-hybridized carbons (Fsp3) is 0.314. The molecule has 1 aliphatic heterocycles. The number of aromatic carboxylic acids is 1. The molecule has 4 aliphatic carbocycles. The average Bonchev–Trinajstić information content (AvgIpc) is 2.98. The number of urea groups is 1. The lowest BCUT2D eigenvalue weighted by molar-refractivity contribution is -0.122. The first kappa shape index (κ1) is 29.6. The van der Waals surface area contributed by atoms with Gasteiger partial charge in [-0.05, 0) is 121 Å². The number of nitrogens with one attached hydrogen (secondary N) is 1. The van der Waals surface area contributed by atoms with E-state index in [2.05, 4.69) is 5.32 Å². The number of halogens is 2. The molecular weight excluding hydrogens is 615 g/mol. The van der Waals surface area contributed by atoms with Crippen molar-refractivity contribution in [3.05, 3.63) is 98.5 Å². The van der Waals surface area contributed by atoms with E-state index in [-0.39, 0.29) is 39.0 Å². The third-order valence-electron chi connectivity index (χ3n) is 9.79. The highest BCUT2D eigenvalue weighted by molar-refractivity contribution is 6.40. The topological polar surface area (TPSA) is 113 Å². The zero-order valence-corrected chi connectivity index (χ0v) is 25.7. The van der Waals surface area contributed by atoms with Crippen LogP contribution in [0.4, 0.5) is 10.5 Å². The number of carbonyl (C=O) groups is 4. The highest BCUT2D eigenvalue weighted by atomic mass is 35.5. The van der Waals surface area contributed by atoms with Crippen LogP contribution in [0.3, 0.4) is 0 Å². The Hall–Kier alpha value is -4.14. The minimum absolute atomic E-state index is 0.0827. The summed E-state index contributed by atoms with van der Waals surface area (Å²) in [6.07, 6.45) is 9.00. The molecule has 45 heavy (non-hydrogen) atoms. The zero-order valence-electron chi connectivity index (χ0n) is 24.2. The van der Waals surface area contributed by atoms with Gasteiger partial charge in [0.2, 0.25) is 0 Å². The van der Waals surface area contributed by atoms with Crippen LogP contribution in [0.1, 0.15) is 65.6 Å². The van der Waals surface area contributed by atoms with E-state index >= 15 is 0 Å². The van der Waals surface area contributed by atoms with Gasteiger partial charge in [-0.3, -0.25) is 14.9 Å². The third kappa shape index (κ3) is 5.51. The lowest BCUT2D eigenvalue weighted by atomic mass is 9.48. The molecule has 5 fully saturated rings. The molecular formula is C35H30Cl2N2O6. The number of anilines is 1. The molecule has 3 aromatic rings. The number of ether oxygens (including phenoxy) is 1. The fourth-order valence-electron chi connectivity index (χ4n) is 8.19. The molecule has 4 saturated carbocycles. The molecule has 8 nitrogen and oxygen atoms in total. The molecule has 3 aromatic carbocycles. The Labute approximate surface area is 270 Å². The fourth-order valence-corrected chi connectivity index (χ4v) is 8.80. The quantitative estimate of drug-likeness (QED) is 0.205. The van der Waals surface area contributed by atoms with Crippen molar-refractivity contribution in [2.75, 3.05) is 4.90 Å². The van der Waals surface area contributed by atoms with Crippen LogP contribution in [0.2, 0.25) is 10.0 Å². The maximum absolute atomic E-state index is 13.6. The number of amides is 4. The number of barbiturate groups is 1. The van der Waals surface area contributed by atoms with Gasteiger partial charge in [0.05, 0.1) is 21.3 Å². The van der Waals surface area contributed by atoms with Crippen LogP contribution < -0.4 is 15.0 Å². The molecule has 10 heteroatoms. The Balaban J connectivity index is 1.09. The number of carboxylic acids is 1. The van der Waals surface area contributed by atoms with Gasteiger partial charge in [-0.1, -0.05) is 47.5 Å². The highest BCUT2D eigenvalue weighted by Gasteiger charge is 2.51. The van der Waals surface area contributed by atoms with Gasteiger partial charge in [-0.2, -0.15) is 0 Å². The molecule has 0 unspecified atom stereocenters. The number of hydrogen-bond donors (Lipinski definition) is 2. The molecule has 4 bridgehead atoms. The SMILES string of the molecule is O=C1NC(=O)N(c2ccc(C34CC5CC(CC(C5)C3)C4)cc2)C(=O)/C1=C/c1cc(Cl)c(OCc2ccc(C(=O)O)cc2)c(Cl)c1. The number of benzene rings is 3. The summed E-state index contributed by atoms with van der Waals surface area (Å²) in [5, 5.41) is 11.6. The Morgan fingerprint density at radius 1 is 0.911 bits per heavy atom. The van der Waals surface area contributed by atoms with Crippen molar-refractivity contribution >= 4 is 58.8 Å². The largest absolute Gasteiger partial charge is 0.486 e. The molecule has 0 aromatic heterocycles. The van der Waals surface area contributed by atoms with Gasteiger partial charge < -0.3 is 9.84 Å². The highest BCUT2D eigenvalue weighted by Crippen LogP contribution is 2.60. The maximum Gasteiger partial charge on any atom is 0.335 e. The van der Waals surface area contributed by atoms with E-state index in [9.17, 15) is 19.2 Å². The third-order valence-corrected chi connectivity index (χ3v) is 10.4. The average molecular weight is 646 g/mol. The van der Waals surface area contributed by atoms with Crippen LogP contribution in [0.25, 0.3) is 6.08 Å². The van der Waals surface area contributed by atoms with Crippen LogP contribution in [0.5, 0.6) is 5.75 Å². The normalized spacial score (nSPS) is 26.4. The second-order valence-corrected chi connectivity index (χ2v) is 13.6. The van der Waals surface area contributed by atoms with E-state index in [0.717, 1.165) is 22.7 Å². The standard InChI is InChI=1S/C35H30Cl2N2O6/c36-28-13-20(14-29(37)30(28)45-18-19-1-3-24(4-2-19)33(42)43)12-27-31(40)38-34(44)39(32(27)41)26-7-5-25(6-8-26)35-15-21-9-22(16-35)11-23(10-21)17-35/h1-8,12-14,21-23H,9-11,15-18H2,(H,42,43)(H,38,40,44)/b27-12+. The molecule has 0 spiro atoms. The number of imide groups is 2. The van der Waals surface area contributed by atoms with Crippen molar-refractivity contribution in [1.29, 1.82) is 0 Å². The van der Waals surface area contributed by atoms with E-state index in [1.807, 2.05) is 12.1 Å². The first-order chi connectivity index (χ1) is 21.6. The van der Waals surface area contributed by atoms with Crippen molar-refractivity contribution in [1.82, 2.24) is 5.32 Å². The first-order valence-corrected chi connectivity index (χ1v) is 15.8. The predicted octanol–water partition coefficient (Wildman–Crippen LogP) is 7.40. The van der Waals surface area contributed by atoms with Crippen molar-refractivity contribution in [2.24, 2.45) is 17.8 Å². The number of carboxylic acid groups (broad SMARTS) is 1. The monoisotopic (exact) mass is 644 g/mol. The molecule has 5 aliphatic rings. The van der Waals surface area contributed by atoms with E-state index in [1.54, 1.807) is 24.3 Å². The zero-order chi connectivity index (χ0) is 31.5. The van der Waals surface area contributed by atoms with E-state index in [4.69, 9.17) is 33.0 Å². The molecule has 1 heterocycles. The number of rotatable bonds is 7. The second kappa shape index (κ2) is 11.3. The summed E-state index contributed by atoms with van der Waals surface area (Å²) in [4.78, 5) is 51.3. The van der Waals surface area contributed by atoms with Gasteiger partial charge in [0.15, 0.2) is 5.75 Å². The molecule has 4 amide bonds. The Morgan fingerprint density at radius 3 is 2.04 bits per heavy atom. The van der Waals surface area contributed by atoms with Gasteiger partial charge >= 0.3 is 12.0 Å². The number of hydrogen-bond acceptors (Lipinski definition) is 5. The van der Waals surface area contributed by atoms with Gasteiger partial charge in [-0.15, -0.1) is 0 Å². The van der Waals surface area contributed by atoms with E-state index < -0.39 is 23.8 Å². The Morgan fingerprint density at radius 2 is 1.49 bits per heavy atom. The Kier molecular flexibility index (Phi) is 7.45. The Bertz CT molecular complexity index is 1710. The smallest absolute Gasteiger partial charge is 0.335 e. The summed E-state index contributed by atoms with van der Waals surface area (Å²) in [7, 11) is 0. The van der Waals surface area contributed by atoms with Crippen LogP contribution >= 0.6 is 23.2 Å². The van der Waals surface area contributed by atoms with Gasteiger partial charge in [0, 0.05) is 0 Å².